The van der Waals surface area contributed by atoms with Crippen LogP contribution in [0.5, 0.6) is 0 Å². The minimum atomic E-state index is 0.272. The lowest BCUT2D eigenvalue weighted by atomic mass is 10.2. The fourth-order valence-electron chi connectivity index (χ4n) is 1.83. The number of carbonyl (C=O) groups excluding carboxylic acids is 1. The smallest absolute Gasteiger partial charge is 0.146 e. The van der Waals surface area contributed by atoms with Crippen LogP contribution >= 0.6 is 0 Å². The van der Waals surface area contributed by atoms with Gasteiger partial charge in [-0.25, -0.2) is 0 Å². The van der Waals surface area contributed by atoms with Crippen LogP contribution in [-0.2, 0) is 4.79 Å². The van der Waals surface area contributed by atoms with E-state index in [1.165, 1.54) is 0 Å². The summed E-state index contributed by atoms with van der Waals surface area (Å²) in [6.45, 7) is 7.80. The van der Waals surface area contributed by atoms with Crippen LogP contribution in [0.25, 0.3) is 0 Å². The van der Waals surface area contributed by atoms with Crippen molar-refractivity contribution in [2.75, 3.05) is 45.9 Å². The fourth-order valence-corrected chi connectivity index (χ4v) is 1.83. The molecule has 88 valence electrons. The molecule has 4 heteroatoms. The van der Waals surface area contributed by atoms with E-state index in [9.17, 15) is 4.79 Å². The van der Waals surface area contributed by atoms with Crippen molar-refractivity contribution < 1.29 is 9.90 Å². The average Bonchev–Trinajstić information content (AvgIpc) is 2.28. The molecule has 0 unspecified atom stereocenters. The van der Waals surface area contributed by atoms with Crippen LogP contribution in [0.1, 0.15) is 19.8 Å². The number of hydrogen-bond acceptors (Lipinski definition) is 4. The summed E-state index contributed by atoms with van der Waals surface area (Å²) in [5.41, 5.74) is 0. The first-order valence-electron chi connectivity index (χ1n) is 5.83. The van der Waals surface area contributed by atoms with E-state index in [2.05, 4.69) is 9.80 Å². The molecule has 1 saturated heterocycles. The number of Topliss-reactive ketones (excluding diaryl/α,β-unsaturated/α-hetero) is 1. The van der Waals surface area contributed by atoms with Gasteiger partial charge >= 0.3 is 0 Å². The standard InChI is InChI=1S/C11H22N2O2/c1-2-11(15)10-13-7-5-12(6-8-13)4-3-9-14/h14H,2-10H2,1H3. The Labute approximate surface area is 91.9 Å². The van der Waals surface area contributed by atoms with Crippen LogP contribution in [0, 0.1) is 0 Å². The Morgan fingerprint density at radius 1 is 1.20 bits per heavy atom. The Hall–Kier alpha value is -0.450. The topological polar surface area (TPSA) is 43.8 Å². The summed E-state index contributed by atoms with van der Waals surface area (Å²) in [4.78, 5) is 15.8. The van der Waals surface area contributed by atoms with Gasteiger partial charge in [0.15, 0.2) is 0 Å². The zero-order valence-electron chi connectivity index (χ0n) is 9.61. The summed E-state index contributed by atoms with van der Waals surface area (Å²) >= 11 is 0. The number of aliphatic hydroxyl groups excluding tert-OH is 1. The summed E-state index contributed by atoms with van der Waals surface area (Å²) in [5, 5.41) is 8.72. The third kappa shape index (κ3) is 4.73. The zero-order valence-corrected chi connectivity index (χ0v) is 9.61. The van der Waals surface area contributed by atoms with E-state index in [-0.39, 0.29) is 6.61 Å². The average molecular weight is 214 g/mol. The molecule has 1 aliphatic heterocycles. The van der Waals surface area contributed by atoms with Gasteiger partial charge in [-0.3, -0.25) is 9.69 Å². The monoisotopic (exact) mass is 214 g/mol. The second kappa shape index (κ2) is 6.93. The molecule has 1 aliphatic rings. The molecule has 0 saturated carbocycles. The number of piperazine rings is 1. The molecule has 0 amide bonds. The van der Waals surface area contributed by atoms with Gasteiger partial charge in [0, 0.05) is 45.8 Å². The molecule has 1 fully saturated rings. The van der Waals surface area contributed by atoms with Crippen LogP contribution < -0.4 is 0 Å². The summed E-state index contributed by atoms with van der Waals surface area (Å²) in [5.74, 6) is 0.332. The lowest BCUT2D eigenvalue weighted by Crippen LogP contribution is -2.48. The number of carbonyl (C=O) groups is 1. The van der Waals surface area contributed by atoms with Gasteiger partial charge in [0.25, 0.3) is 0 Å². The van der Waals surface area contributed by atoms with Crippen molar-refractivity contribution in [3.8, 4) is 0 Å². The van der Waals surface area contributed by atoms with Crippen molar-refractivity contribution in [1.82, 2.24) is 9.80 Å². The van der Waals surface area contributed by atoms with Crippen molar-refractivity contribution in [2.24, 2.45) is 0 Å². The Balaban J connectivity index is 2.15. The van der Waals surface area contributed by atoms with Gasteiger partial charge in [-0.15, -0.1) is 0 Å². The molecule has 0 aromatic carbocycles. The highest BCUT2D eigenvalue weighted by atomic mass is 16.3. The predicted molar refractivity (Wildman–Crippen MR) is 59.9 cm³/mol. The summed E-state index contributed by atoms with van der Waals surface area (Å²) in [6, 6.07) is 0. The Bertz CT molecular complexity index is 189. The summed E-state index contributed by atoms with van der Waals surface area (Å²) in [7, 11) is 0. The molecule has 0 aromatic heterocycles. The lowest BCUT2D eigenvalue weighted by molar-refractivity contribution is -0.120. The molecular formula is C11H22N2O2. The number of nitrogens with zero attached hydrogens (tertiary/aromatic N) is 2. The molecule has 15 heavy (non-hydrogen) atoms. The SMILES string of the molecule is CCC(=O)CN1CCN(CCCO)CC1. The second-order valence-electron chi connectivity index (χ2n) is 4.09. The second-order valence-corrected chi connectivity index (χ2v) is 4.09. The molecule has 0 atom stereocenters. The van der Waals surface area contributed by atoms with Crippen LogP contribution in [0.2, 0.25) is 0 Å². The first kappa shape index (κ1) is 12.6. The Kier molecular flexibility index (Phi) is 5.83. The Morgan fingerprint density at radius 2 is 1.80 bits per heavy atom. The largest absolute Gasteiger partial charge is 0.396 e. The Morgan fingerprint density at radius 3 is 2.33 bits per heavy atom. The first-order valence-corrected chi connectivity index (χ1v) is 5.83. The van der Waals surface area contributed by atoms with Crippen molar-refractivity contribution in [2.45, 2.75) is 19.8 Å². The predicted octanol–water partition coefficient (Wildman–Crippen LogP) is -0.0345. The minimum absolute atomic E-state index is 0.272. The molecule has 0 aliphatic carbocycles. The van der Waals surface area contributed by atoms with Crippen molar-refractivity contribution in [3.05, 3.63) is 0 Å². The van der Waals surface area contributed by atoms with E-state index in [1.54, 1.807) is 0 Å². The molecule has 1 heterocycles. The highest BCUT2D eigenvalue weighted by Crippen LogP contribution is 2.02. The van der Waals surface area contributed by atoms with Gasteiger partial charge in [-0.1, -0.05) is 6.92 Å². The van der Waals surface area contributed by atoms with Crippen molar-refractivity contribution in [3.63, 3.8) is 0 Å². The number of ketones is 1. The quantitative estimate of drug-likeness (QED) is 0.674. The maximum absolute atomic E-state index is 11.2. The van der Waals surface area contributed by atoms with E-state index < -0.39 is 0 Å². The highest BCUT2D eigenvalue weighted by Gasteiger charge is 2.17. The van der Waals surface area contributed by atoms with E-state index in [4.69, 9.17) is 5.11 Å². The van der Waals surface area contributed by atoms with E-state index in [0.717, 1.165) is 39.1 Å². The van der Waals surface area contributed by atoms with E-state index in [0.29, 0.717) is 18.7 Å². The van der Waals surface area contributed by atoms with Crippen LogP contribution in [0.3, 0.4) is 0 Å². The van der Waals surface area contributed by atoms with Gasteiger partial charge in [0.2, 0.25) is 0 Å². The van der Waals surface area contributed by atoms with Crippen molar-refractivity contribution >= 4 is 5.78 Å². The van der Waals surface area contributed by atoms with Gasteiger partial charge in [-0.05, 0) is 6.42 Å². The summed E-state index contributed by atoms with van der Waals surface area (Å²) < 4.78 is 0. The molecule has 0 radical (unpaired) electrons. The van der Waals surface area contributed by atoms with Crippen LogP contribution in [0.4, 0.5) is 0 Å². The van der Waals surface area contributed by atoms with Gasteiger partial charge in [0.1, 0.15) is 5.78 Å². The third-order valence-electron chi connectivity index (χ3n) is 2.89. The molecule has 0 spiro atoms. The number of rotatable bonds is 6. The summed E-state index contributed by atoms with van der Waals surface area (Å²) in [6.07, 6.45) is 1.50. The maximum Gasteiger partial charge on any atom is 0.146 e. The number of aliphatic hydroxyl groups is 1. The van der Waals surface area contributed by atoms with Gasteiger partial charge in [-0.2, -0.15) is 0 Å². The van der Waals surface area contributed by atoms with Gasteiger partial charge in [0.05, 0.1) is 6.54 Å². The zero-order chi connectivity index (χ0) is 11.1. The van der Waals surface area contributed by atoms with E-state index >= 15 is 0 Å². The third-order valence-corrected chi connectivity index (χ3v) is 2.89. The van der Waals surface area contributed by atoms with Crippen molar-refractivity contribution in [1.29, 1.82) is 0 Å². The molecule has 4 nitrogen and oxygen atoms in total. The molecule has 0 aromatic rings. The molecule has 1 N–H and O–H groups in total. The lowest BCUT2D eigenvalue weighted by Gasteiger charge is -2.34. The normalized spacial score (nSPS) is 19.3. The first-order chi connectivity index (χ1) is 7.26. The van der Waals surface area contributed by atoms with E-state index in [1.807, 2.05) is 6.92 Å². The molecule has 0 bridgehead atoms. The van der Waals surface area contributed by atoms with Gasteiger partial charge < -0.3 is 10.0 Å². The van der Waals surface area contributed by atoms with Crippen LogP contribution in [0.15, 0.2) is 0 Å². The number of hydrogen-bond donors (Lipinski definition) is 1. The molecule has 1 rings (SSSR count). The minimum Gasteiger partial charge on any atom is -0.396 e. The fraction of sp³-hybridized carbons (Fsp3) is 0.909. The highest BCUT2D eigenvalue weighted by molar-refractivity contribution is 5.80. The molecular weight excluding hydrogens is 192 g/mol. The maximum atomic E-state index is 11.2. The van der Waals surface area contributed by atoms with Crippen LogP contribution in [-0.4, -0.2) is 66.6 Å².